The number of carbonyl (C=O) groups excluding carboxylic acids is 2. The van der Waals surface area contributed by atoms with Gasteiger partial charge >= 0.3 is 0 Å². The van der Waals surface area contributed by atoms with Crippen LogP contribution in [-0.4, -0.2) is 35.9 Å². The summed E-state index contributed by atoms with van der Waals surface area (Å²) >= 11 is 1.30. The van der Waals surface area contributed by atoms with Gasteiger partial charge in [-0.3, -0.25) is 14.6 Å². The lowest BCUT2D eigenvalue weighted by atomic mass is 10.1. The van der Waals surface area contributed by atoms with E-state index in [1.54, 1.807) is 14.0 Å². The molecule has 0 atom stereocenters. The Morgan fingerprint density at radius 1 is 1.12 bits per heavy atom. The molecule has 1 aromatic heterocycles. The molecule has 0 fully saturated rings. The Morgan fingerprint density at radius 3 is 2.66 bits per heavy atom. The Kier molecular flexibility index (Phi) is 8.11. The smallest absolute Gasteiger partial charge is 0.224 e. The number of pyridine rings is 1. The van der Waals surface area contributed by atoms with Gasteiger partial charge in [0.15, 0.2) is 5.12 Å². The topological polar surface area (TPSA) is 71.5 Å². The van der Waals surface area contributed by atoms with Crippen LogP contribution in [0.25, 0.3) is 10.9 Å². The molecule has 0 aliphatic carbocycles. The first-order valence-electron chi connectivity index (χ1n) is 10.6. The second-order valence-corrected chi connectivity index (χ2v) is 8.86. The zero-order valence-corrected chi connectivity index (χ0v) is 19.8. The lowest BCUT2D eigenvalue weighted by Gasteiger charge is -2.23. The molecule has 7 heteroatoms. The first-order chi connectivity index (χ1) is 15.4. The zero-order valence-electron chi connectivity index (χ0n) is 19.0. The Bertz CT molecular complexity index is 1120. The minimum atomic E-state index is -0.0684. The minimum Gasteiger partial charge on any atom is -0.495 e. The van der Waals surface area contributed by atoms with Crippen molar-refractivity contribution in [1.82, 2.24) is 4.98 Å². The molecule has 3 rings (SSSR count). The Balaban J connectivity index is 1.78. The van der Waals surface area contributed by atoms with Crippen LogP contribution in [0.3, 0.4) is 0 Å². The monoisotopic (exact) mass is 451 g/mol. The van der Waals surface area contributed by atoms with Gasteiger partial charge in [-0.1, -0.05) is 30.0 Å². The fourth-order valence-electron chi connectivity index (χ4n) is 3.52. The van der Waals surface area contributed by atoms with Crippen molar-refractivity contribution in [3.05, 3.63) is 54.2 Å². The number of carbonyl (C=O) groups is 2. The van der Waals surface area contributed by atoms with Gasteiger partial charge in [0.1, 0.15) is 5.75 Å². The molecular weight excluding hydrogens is 422 g/mol. The van der Waals surface area contributed by atoms with Crippen molar-refractivity contribution < 1.29 is 14.3 Å². The summed E-state index contributed by atoms with van der Waals surface area (Å²) < 4.78 is 5.46. The molecule has 0 saturated heterocycles. The van der Waals surface area contributed by atoms with Crippen LogP contribution in [0.15, 0.2) is 48.5 Å². The summed E-state index contributed by atoms with van der Waals surface area (Å²) in [4.78, 5) is 30.2. The number of nitrogens with one attached hydrogen (secondary N) is 1. The van der Waals surface area contributed by atoms with Crippen LogP contribution in [-0.2, 0) is 9.59 Å². The molecule has 3 aromatic rings. The van der Waals surface area contributed by atoms with Gasteiger partial charge in [-0.15, -0.1) is 0 Å². The van der Waals surface area contributed by atoms with Gasteiger partial charge in [0, 0.05) is 42.9 Å². The van der Waals surface area contributed by atoms with Crippen molar-refractivity contribution in [2.75, 3.05) is 30.1 Å². The second-order valence-electron chi connectivity index (χ2n) is 7.59. The molecule has 1 amide bonds. The highest BCUT2D eigenvalue weighted by Gasteiger charge is 2.14. The van der Waals surface area contributed by atoms with Crippen molar-refractivity contribution >= 4 is 50.7 Å². The molecule has 32 heavy (non-hydrogen) atoms. The molecule has 2 aromatic carbocycles. The van der Waals surface area contributed by atoms with E-state index in [-0.39, 0.29) is 11.0 Å². The normalized spacial score (nSPS) is 10.8. The molecule has 0 spiro atoms. The third kappa shape index (κ3) is 6.01. The van der Waals surface area contributed by atoms with Crippen LogP contribution >= 0.6 is 11.8 Å². The number of methoxy groups -OCH3 is 1. The van der Waals surface area contributed by atoms with E-state index in [0.29, 0.717) is 17.9 Å². The highest BCUT2D eigenvalue weighted by molar-refractivity contribution is 8.13. The van der Waals surface area contributed by atoms with Crippen molar-refractivity contribution in [3.8, 4) is 5.75 Å². The van der Waals surface area contributed by atoms with Crippen LogP contribution in [0.1, 0.15) is 31.9 Å². The number of nitrogens with zero attached hydrogens (tertiary/aromatic N) is 2. The molecule has 0 bridgehead atoms. The summed E-state index contributed by atoms with van der Waals surface area (Å²) in [6, 6.07) is 15.9. The predicted octanol–water partition coefficient (Wildman–Crippen LogP) is 5.71. The molecule has 6 nitrogen and oxygen atoms in total. The Labute approximate surface area is 193 Å². The van der Waals surface area contributed by atoms with Gasteiger partial charge in [-0.05, 0) is 50.1 Å². The number of aromatic nitrogens is 1. The highest BCUT2D eigenvalue weighted by Crippen LogP contribution is 2.35. The number of amides is 1. The largest absolute Gasteiger partial charge is 0.495 e. The fourth-order valence-corrected chi connectivity index (χ4v) is 4.16. The number of anilines is 3. The number of ether oxygens (including phenoxy) is 1. The van der Waals surface area contributed by atoms with Crippen molar-refractivity contribution in [1.29, 1.82) is 0 Å². The van der Waals surface area contributed by atoms with Gasteiger partial charge in [0.2, 0.25) is 5.91 Å². The average Bonchev–Trinajstić information content (AvgIpc) is 2.77. The number of unbranched alkanes of at least 4 members (excludes halogenated alkanes) is 1. The van der Waals surface area contributed by atoms with Gasteiger partial charge in [0.05, 0.1) is 24.0 Å². The van der Waals surface area contributed by atoms with Gasteiger partial charge in [-0.2, -0.15) is 0 Å². The average molecular weight is 452 g/mol. The number of fused-ring (bicyclic) bond motifs is 1. The lowest BCUT2D eigenvalue weighted by molar-refractivity contribution is -0.116. The summed E-state index contributed by atoms with van der Waals surface area (Å²) in [7, 11) is 3.59. The number of thioether (sulfide) groups is 1. The maximum atomic E-state index is 12.5. The van der Waals surface area contributed by atoms with Crippen molar-refractivity contribution in [2.45, 2.75) is 33.1 Å². The van der Waals surface area contributed by atoms with E-state index >= 15 is 0 Å². The molecule has 0 unspecified atom stereocenters. The standard InChI is InChI=1S/C25H29N3O3S/c1-17-15-23(20-9-5-6-10-21(20)26-17)28(3)19-12-13-24(31-4)22(16-19)27-25(30)11-7-8-14-32-18(2)29/h5-6,9-10,12-13,15-16H,7-8,11,14H2,1-4H3,(H,27,30). The first-order valence-corrected chi connectivity index (χ1v) is 11.6. The van der Waals surface area contributed by atoms with Crippen LogP contribution in [0, 0.1) is 6.92 Å². The summed E-state index contributed by atoms with van der Waals surface area (Å²) in [6.45, 7) is 3.54. The Hall–Kier alpha value is -3.06. The fraction of sp³-hybridized carbons (Fsp3) is 0.320. The van der Waals surface area contributed by atoms with E-state index in [0.717, 1.165) is 46.6 Å². The second kappa shape index (κ2) is 11.0. The van der Waals surface area contributed by atoms with E-state index in [9.17, 15) is 9.59 Å². The Morgan fingerprint density at radius 2 is 1.91 bits per heavy atom. The number of hydrogen-bond donors (Lipinski definition) is 1. The molecule has 168 valence electrons. The van der Waals surface area contributed by atoms with Crippen molar-refractivity contribution in [2.24, 2.45) is 0 Å². The molecule has 1 heterocycles. The number of benzene rings is 2. The third-order valence-corrected chi connectivity index (χ3v) is 6.03. The molecule has 1 N–H and O–H groups in total. The molecule has 0 saturated carbocycles. The molecule has 0 aliphatic heterocycles. The van der Waals surface area contributed by atoms with Crippen LogP contribution < -0.4 is 15.0 Å². The maximum absolute atomic E-state index is 12.5. The van der Waals surface area contributed by atoms with Gasteiger partial charge < -0.3 is 15.0 Å². The SMILES string of the molecule is COc1ccc(N(C)c2cc(C)nc3ccccc23)cc1NC(=O)CCCCSC(C)=O. The first kappa shape index (κ1) is 23.6. The van der Waals surface area contributed by atoms with E-state index in [1.165, 1.54) is 11.8 Å². The van der Waals surface area contributed by atoms with Crippen LogP contribution in [0.2, 0.25) is 0 Å². The third-order valence-electron chi connectivity index (χ3n) is 5.13. The van der Waals surface area contributed by atoms with Gasteiger partial charge in [-0.25, -0.2) is 0 Å². The highest BCUT2D eigenvalue weighted by atomic mass is 32.2. The summed E-state index contributed by atoms with van der Waals surface area (Å²) in [5.41, 5.74) is 4.48. The van der Waals surface area contributed by atoms with Gasteiger partial charge in [0.25, 0.3) is 0 Å². The quantitative estimate of drug-likeness (QED) is 0.420. The van der Waals surface area contributed by atoms with E-state index < -0.39 is 0 Å². The summed E-state index contributed by atoms with van der Waals surface area (Å²) in [5, 5.41) is 4.15. The molecule has 0 aliphatic rings. The maximum Gasteiger partial charge on any atom is 0.224 e. The van der Waals surface area contributed by atoms with E-state index in [2.05, 4.69) is 27.3 Å². The zero-order chi connectivity index (χ0) is 23.1. The number of aryl methyl sites for hydroxylation is 1. The number of para-hydroxylation sites is 1. The predicted molar refractivity (Wildman–Crippen MR) is 133 cm³/mol. The van der Waals surface area contributed by atoms with Crippen LogP contribution in [0.5, 0.6) is 5.75 Å². The van der Waals surface area contributed by atoms with Crippen LogP contribution in [0.4, 0.5) is 17.1 Å². The lowest BCUT2D eigenvalue weighted by Crippen LogP contribution is -2.14. The molecular formula is C25H29N3O3S. The number of hydrogen-bond acceptors (Lipinski definition) is 6. The van der Waals surface area contributed by atoms with E-state index in [4.69, 9.17) is 4.74 Å². The van der Waals surface area contributed by atoms with Crippen molar-refractivity contribution in [3.63, 3.8) is 0 Å². The summed E-state index contributed by atoms with van der Waals surface area (Å²) in [5.74, 6) is 1.28. The number of rotatable bonds is 9. The minimum absolute atomic E-state index is 0.0684. The summed E-state index contributed by atoms with van der Waals surface area (Å²) in [6.07, 6.45) is 1.96. The van der Waals surface area contributed by atoms with E-state index in [1.807, 2.05) is 50.4 Å². The molecule has 0 radical (unpaired) electrons.